The molecular weight excluding hydrogens is 532 g/mol. The van der Waals surface area contributed by atoms with Gasteiger partial charge in [-0.25, -0.2) is 0 Å². The molecule has 1 aliphatic carbocycles. The third-order valence-corrected chi connectivity index (χ3v) is 8.33. The molecule has 1 aliphatic rings. The summed E-state index contributed by atoms with van der Waals surface area (Å²) in [5.41, 5.74) is 2.09. The van der Waals surface area contributed by atoms with Gasteiger partial charge in [0.1, 0.15) is 10.8 Å². The molecule has 0 bridgehead atoms. The molecule has 41 heavy (non-hydrogen) atoms. The molecule has 0 amide bonds. The highest BCUT2D eigenvalue weighted by molar-refractivity contribution is 7.14. The Morgan fingerprint density at radius 2 is 1.46 bits per heavy atom. The fraction of sp³-hybridized carbons (Fsp3) is 0.531. The minimum absolute atomic E-state index is 0.00914. The molecular formula is C32H42N6O2S. The van der Waals surface area contributed by atoms with Gasteiger partial charge in [-0.3, -0.25) is 4.79 Å². The predicted octanol–water partition coefficient (Wildman–Crippen LogP) is 10.6. The monoisotopic (exact) mass is 574 g/mol. The van der Waals surface area contributed by atoms with Crippen molar-refractivity contribution >= 4 is 39.5 Å². The maximum absolute atomic E-state index is 12.6. The third-order valence-electron chi connectivity index (χ3n) is 7.46. The summed E-state index contributed by atoms with van der Waals surface area (Å²) in [4.78, 5) is 12.6. The Kier molecular flexibility index (Phi) is 12.1. The van der Waals surface area contributed by atoms with E-state index >= 15 is 0 Å². The number of carbonyl (C=O) groups is 1. The maximum atomic E-state index is 12.6. The maximum Gasteiger partial charge on any atom is 0.314 e. The van der Waals surface area contributed by atoms with Gasteiger partial charge >= 0.3 is 5.97 Å². The van der Waals surface area contributed by atoms with Crippen LogP contribution in [0.25, 0.3) is 0 Å². The van der Waals surface area contributed by atoms with Crippen LogP contribution in [0.4, 0.5) is 22.2 Å². The van der Waals surface area contributed by atoms with Crippen LogP contribution in [0.3, 0.4) is 0 Å². The normalized spacial score (nSPS) is 17.6. The highest BCUT2D eigenvalue weighted by Gasteiger charge is 2.27. The number of carbonyl (C=O) groups excluding carboxylic acids is 1. The van der Waals surface area contributed by atoms with E-state index in [4.69, 9.17) is 4.74 Å². The van der Waals surface area contributed by atoms with Gasteiger partial charge in [-0.2, -0.15) is 10.2 Å². The van der Waals surface area contributed by atoms with Gasteiger partial charge < -0.3 is 4.74 Å². The first-order valence-corrected chi connectivity index (χ1v) is 15.9. The summed E-state index contributed by atoms with van der Waals surface area (Å²) in [5, 5.41) is 27.0. The Bertz CT molecular complexity index is 1260. The Morgan fingerprint density at radius 3 is 2.07 bits per heavy atom. The lowest BCUT2D eigenvalue weighted by molar-refractivity contribution is -0.140. The predicted molar refractivity (Wildman–Crippen MR) is 164 cm³/mol. The summed E-state index contributed by atoms with van der Waals surface area (Å²) in [6, 6.07) is 14.5. The highest BCUT2D eigenvalue weighted by atomic mass is 32.1. The lowest BCUT2D eigenvalue weighted by atomic mass is 9.80. The summed E-state index contributed by atoms with van der Waals surface area (Å²) in [5.74, 6) is 1.95. The number of unbranched alkanes of at least 4 members (excludes halogenated alkanes) is 2. The summed E-state index contributed by atoms with van der Waals surface area (Å²) < 4.78 is 5.65. The number of esters is 1. The first kappa shape index (κ1) is 30.6. The number of rotatable bonds is 14. The Morgan fingerprint density at radius 1 is 0.854 bits per heavy atom. The minimum atomic E-state index is -0.116. The number of benzene rings is 2. The molecule has 3 aromatic rings. The molecule has 1 aromatic heterocycles. The molecule has 1 heterocycles. The molecule has 0 N–H and O–H groups in total. The van der Waals surface area contributed by atoms with Crippen LogP contribution in [0.2, 0.25) is 0 Å². The topological polar surface area (TPSA) is 102 Å². The average Bonchev–Trinajstić information content (AvgIpc) is 3.45. The van der Waals surface area contributed by atoms with Gasteiger partial charge in [0.25, 0.3) is 5.13 Å². The second-order valence-corrected chi connectivity index (χ2v) is 12.3. The Balaban J connectivity index is 1.21. The summed E-state index contributed by atoms with van der Waals surface area (Å²) in [6.07, 6.45) is 12.4. The fourth-order valence-electron chi connectivity index (χ4n) is 4.98. The van der Waals surface area contributed by atoms with Crippen molar-refractivity contribution in [2.45, 2.75) is 91.4 Å². The summed E-state index contributed by atoms with van der Waals surface area (Å²) in [6.45, 7) is 6.73. The second kappa shape index (κ2) is 16.2. The van der Waals surface area contributed by atoms with E-state index < -0.39 is 0 Å². The zero-order valence-corrected chi connectivity index (χ0v) is 25.4. The molecule has 1 fully saturated rings. The number of hydrogen-bond donors (Lipinski definition) is 0. The Hall–Kier alpha value is -3.33. The van der Waals surface area contributed by atoms with Gasteiger partial charge in [0.15, 0.2) is 0 Å². The molecule has 0 aliphatic heterocycles. The van der Waals surface area contributed by atoms with Crippen LogP contribution < -0.4 is 4.74 Å². The first-order valence-electron chi connectivity index (χ1n) is 15.1. The average molecular weight is 575 g/mol. The van der Waals surface area contributed by atoms with Crippen molar-refractivity contribution in [3.8, 4) is 5.75 Å². The number of aryl methyl sites for hydroxylation is 1. The van der Waals surface area contributed by atoms with E-state index in [1.165, 1.54) is 43.4 Å². The van der Waals surface area contributed by atoms with E-state index in [9.17, 15) is 4.79 Å². The van der Waals surface area contributed by atoms with Crippen LogP contribution in [-0.4, -0.2) is 16.2 Å². The van der Waals surface area contributed by atoms with E-state index in [1.807, 2.05) is 24.3 Å². The smallest absolute Gasteiger partial charge is 0.314 e. The Labute approximate surface area is 247 Å². The van der Waals surface area contributed by atoms with E-state index in [0.29, 0.717) is 27.9 Å². The molecule has 9 heteroatoms. The molecule has 0 saturated heterocycles. The van der Waals surface area contributed by atoms with Crippen molar-refractivity contribution in [3.05, 3.63) is 53.5 Å². The zero-order valence-electron chi connectivity index (χ0n) is 24.5. The van der Waals surface area contributed by atoms with Gasteiger partial charge in [-0.15, -0.1) is 20.4 Å². The van der Waals surface area contributed by atoms with E-state index in [1.54, 1.807) is 24.3 Å². The van der Waals surface area contributed by atoms with Crippen LogP contribution in [0, 0.1) is 17.8 Å². The summed E-state index contributed by atoms with van der Waals surface area (Å²) in [7, 11) is 0. The lowest BCUT2D eigenvalue weighted by Gasteiger charge is -2.27. The zero-order chi connectivity index (χ0) is 28.9. The van der Waals surface area contributed by atoms with Crippen LogP contribution in [0.5, 0.6) is 5.75 Å². The van der Waals surface area contributed by atoms with E-state index in [-0.39, 0.29) is 11.9 Å². The molecule has 218 valence electrons. The van der Waals surface area contributed by atoms with Crippen LogP contribution in [0.15, 0.2) is 69.0 Å². The largest absolute Gasteiger partial charge is 0.426 e. The quantitative estimate of drug-likeness (QED) is 0.0826. The molecule has 0 atom stereocenters. The number of nitrogens with zero attached hydrogens (tertiary/aromatic N) is 6. The van der Waals surface area contributed by atoms with Crippen LogP contribution >= 0.6 is 11.3 Å². The molecule has 8 nitrogen and oxygen atoms in total. The van der Waals surface area contributed by atoms with Crippen molar-refractivity contribution in [3.63, 3.8) is 0 Å². The van der Waals surface area contributed by atoms with Gasteiger partial charge in [0.2, 0.25) is 0 Å². The molecule has 0 radical (unpaired) electrons. The molecule has 0 spiro atoms. The van der Waals surface area contributed by atoms with Crippen molar-refractivity contribution in [2.24, 2.45) is 38.2 Å². The number of azo groups is 2. The van der Waals surface area contributed by atoms with Crippen molar-refractivity contribution in [2.75, 3.05) is 0 Å². The highest BCUT2D eigenvalue weighted by Crippen LogP contribution is 2.33. The SMILES string of the molecule is CCCC[C@H]1CC[C@H](C(=O)Oc2ccc(/N=N/c3ccc(/N=N/c4nnc(CCCCC(C)C)s4)cc3)cc2)CC1. The molecule has 0 unspecified atom stereocenters. The van der Waals surface area contributed by atoms with Gasteiger partial charge in [0, 0.05) is 6.42 Å². The molecule has 2 aromatic carbocycles. The van der Waals surface area contributed by atoms with Gasteiger partial charge in [-0.1, -0.05) is 64.2 Å². The molecule has 4 rings (SSSR count). The number of ether oxygens (including phenoxy) is 1. The van der Waals surface area contributed by atoms with E-state index in [0.717, 1.165) is 55.4 Å². The third kappa shape index (κ3) is 10.5. The number of aromatic nitrogens is 2. The number of hydrogen-bond acceptors (Lipinski definition) is 9. The standard InChI is InChI=1S/C32H42N6O2S/c1-4-5-9-24-11-13-25(14-12-24)31(39)40-29-21-19-28(20-22-29)34-33-26-15-17-27(18-16-26)35-37-32-38-36-30(41-32)10-7-6-8-23(2)3/h15-25H,4-14H2,1-3H3/b34-33+,37-35+/t24-,25-. The first-order chi connectivity index (χ1) is 20.0. The lowest BCUT2D eigenvalue weighted by Crippen LogP contribution is -2.25. The summed E-state index contributed by atoms with van der Waals surface area (Å²) >= 11 is 1.49. The van der Waals surface area contributed by atoms with Crippen molar-refractivity contribution < 1.29 is 9.53 Å². The fourth-order valence-corrected chi connectivity index (χ4v) is 5.68. The van der Waals surface area contributed by atoms with E-state index in [2.05, 4.69) is 51.4 Å². The van der Waals surface area contributed by atoms with Crippen molar-refractivity contribution in [1.82, 2.24) is 10.2 Å². The van der Waals surface area contributed by atoms with Crippen LogP contribution in [-0.2, 0) is 11.2 Å². The molecule has 1 saturated carbocycles. The minimum Gasteiger partial charge on any atom is -0.426 e. The second-order valence-electron chi connectivity index (χ2n) is 11.3. The van der Waals surface area contributed by atoms with Crippen molar-refractivity contribution in [1.29, 1.82) is 0 Å². The van der Waals surface area contributed by atoms with Gasteiger partial charge in [-0.05, 0) is 92.5 Å². The van der Waals surface area contributed by atoms with Gasteiger partial charge in [0.05, 0.1) is 23.0 Å². The van der Waals surface area contributed by atoms with Crippen LogP contribution in [0.1, 0.15) is 90.0 Å².